The molecule has 3 N–H and O–H groups in total. The Morgan fingerprint density at radius 1 is 1.50 bits per heavy atom. The second-order valence-electron chi connectivity index (χ2n) is 3.71. The van der Waals surface area contributed by atoms with Gasteiger partial charge < -0.3 is 10.5 Å². The highest BCUT2D eigenvalue weighted by Gasteiger charge is 2.11. The summed E-state index contributed by atoms with van der Waals surface area (Å²) in [6.07, 6.45) is 0. The molecular weight excluding hydrogens is 270 g/mol. The number of hydrogen-bond donors (Lipinski definition) is 2. The highest BCUT2D eigenvalue weighted by molar-refractivity contribution is 9.10. The predicted molar refractivity (Wildman–Crippen MR) is 69.3 cm³/mol. The Morgan fingerprint density at radius 3 is 2.62 bits per heavy atom. The molecule has 16 heavy (non-hydrogen) atoms. The molecule has 0 bridgehead atoms. The molecule has 0 fully saturated rings. The fourth-order valence-electron chi connectivity index (χ4n) is 1.47. The first-order valence-electron chi connectivity index (χ1n) is 5.05. The number of nitrogens with zero attached hydrogens (tertiary/aromatic N) is 1. The van der Waals surface area contributed by atoms with Crippen molar-refractivity contribution in [2.24, 2.45) is 5.73 Å². The minimum atomic E-state index is 0.109. The monoisotopic (exact) mass is 287 g/mol. The van der Waals surface area contributed by atoms with E-state index in [9.17, 15) is 0 Å². The summed E-state index contributed by atoms with van der Waals surface area (Å²) in [5.74, 6) is 0.823. The van der Waals surface area contributed by atoms with Gasteiger partial charge in [0.15, 0.2) is 0 Å². The van der Waals surface area contributed by atoms with Crippen LogP contribution in [0.4, 0.5) is 0 Å². The van der Waals surface area contributed by atoms with Gasteiger partial charge in [0.05, 0.1) is 17.6 Å². The topological polar surface area (TPSA) is 50.5 Å². The zero-order valence-electron chi connectivity index (χ0n) is 9.83. The van der Waals surface area contributed by atoms with Crippen LogP contribution in [0.1, 0.15) is 11.6 Å². The van der Waals surface area contributed by atoms with Gasteiger partial charge in [-0.05, 0) is 33.6 Å². The van der Waals surface area contributed by atoms with E-state index in [0.29, 0.717) is 6.54 Å². The van der Waals surface area contributed by atoms with Gasteiger partial charge in [-0.3, -0.25) is 0 Å². The van der Waals surface area contributed by atoms with Crippen LogP contribution in [0.2, 0.25) is 0 Å². The number of ether oxygens (including phenoxy) is 1. The molecule has 0 amide bonds. The Labute approximate surface area is 105 Å². The van der Waals surface area contributed by atoms with E-state index in [0.717, 1.165) is 15.8 Å². The Kier molecular flexibility index (Phi) is 5.21. The summed E-state index contributed by atoms with van der Waals surface area (Å²) in [6, 6.07) is 6.07. The number of rotatable bonds is 5. The fourth-order valence-corrected chi connectivity index (χ4v) is 2.03. The van der Waals surface area contributed by atoms with Crippen molar-refractivity contribution in [1.82, 2.24) is 10.4 Å². The van der Waals surface area contributed by atoms with Crippen molar-refractivity contribution in [2.45, 2.75) is 6.04 Å². The van der Waals surface area contributed by atoms with Gasteiger partial charge in [-0.1, -0.05) is 6.07 Å². The van der Waals surface area contributed by atoms with Gasteiger partial charge in [-0.2, -0.15) is 0 Å². The molecule has 0 spiro atoms. The molecule has 90 valence electrons. The molecule has 1 rings (SSSR count). The third kappa shape index (κ3) is 3.45. The summed E-state index contributed by atoms with van der Waals surface area (Å²) in [5, 5.41) is 1.90. The van der Waals surface area contributed by atoms with Crippen molar-refractivity contribution >= 4 is 15.9 Å². The van der Waals surface area contributed by atoms with Crippen LogP contribution in [-0.2, 0) is 0 Å². The maximum absolute atomic E-state index is 5.74. The number of nitrogens with two attached hydrogens (primary N) is 1. The molecule has 0 aliphatic rings. The minimum absolute atomic E-state index is 0.109. The maximum Gasteiger partial charge on any atom is 0.133 e. The van der Waals surface area contributed by atoms with E-state index >= 15 is 0 Å². The Hall–Kier alpha value is -0.620. The Balaban J connectivity index is 2.89. The standard InChI is InChI=1S/C11H18BrN3O/c1-15(2)14-10(7-13)8-4-5-11(16-3)9(12)6-8/h4-6,10,14H,7,13H2,1-3H3. The molecule has 0 saturated heterocycles. The first-order chi connectivity index (χ1) is 7.58. The predicted octanol–water partition coefficient (Wildman–Crippen LogP) is 1.52. The zero-order chi connectivity index (χ0) is 12.1. The molecule has 0 aliphatic heterocycles. The van der Waals surface area contributed by atoms with Gasteiger partial charge >= 0.3 is 0 Å². The van der Waals surface area contributed by atoms with Crippen molar-refractivity contribution in [1.29, 1.82) is 0 Å². The van der Waals surface area contributed by atoms with Crippen LogP contribution in [0, 0.1) is 0 Å². The first kappa shape index (κ1) is 13.4. The highest BCUT2D eigenvalue weighted by atomic mass is 79.9. The van der Waals surface area contributed by atoms with E-state index in [1.54, 1.807) is 7.11 Å². The average Bonchev–Trinajstić information content (AvgIpc) is 2.25. The second-order valence-corrected chi connectivity index (χ2v) is 4.56. The molecule has 1 unspecified atom stereocenters. The maximum atomic E-state index is 5.74. The SMILES string of the molecule is COc1ccc(C(CN)NN(C)C)cc1Br. The van der Waals surface area contributed by atoms with Gasteiger partial charge in [0.25, 0.3) is 0 Å². The molecule has 4 nitrogen and oxygen atoms in total. The summed E-state index contributed by atoms with van der Waals surface area (Å²) >= 11 is 3.46. The second kappa shape index (κ2) is 6.20. The van der Waals surface area contributed by atoms with Crippen LogP contribution in [0.25, 0.3) is 0 Å². The zero-order valence-corrected chi connectivity index (χ0v) is 11.4. The normalized spacial score (nSPS) is 12.9. The van der Waals surface area contributed by atoms with Crippen molar-refractivity contribution in [3.05, 3.63) is 28.2 Å². The van der Waals surface area contributed by atoms with Crippen LogP contribution < -0.4 is 15.9 Å². The van der Waals surface area contributed by atoms with Crippen molar-refractivity contribution in [3.8, 4) is 5.75 Å². The average molecular weight is 288 g/mol. The van der Waals surface area contributed by atoms with Crippen LogP contribution >= 0.6 is 15.9 Å². The quantitative estimate of drug-likeness (QED) is 0.807. The number of hydrazine groups is 1. The first-order valence-corrected chi connectivity index (χ1v) is 5.84. The lowest BCUT2D eigenvalue weighted by atomic mass is 10.1. The summed E-state index contributed by atoms with van der Waals surface area (Å²) in [6.45, 7) is 0.539. The van der Waals surface area contributed by atoms with Crippen LogP contribution in [0.3, 0.4) is 0 Å². The number of nitrogens with one attached hydrogen (secondary N) is 1. The van der Waals surface area contributed by atoms with Gasteiger partial charge in [-0.15, -0.1) is 0 Å². The summed E-state index contributed by atoms with van der Waals surface area (Å²) in [4.78, 5) is 0. The molecule has 1 atom stereocenters. The lowest BCUT2D eigenvalue weighted by Crippen LogP contribution is -2.37. The molecular formula is C11H18BrN3O. The Morgan fingerprint density at radius 2 is 2.19 bits per heavy atom. The Bertz CT molecular complexity index is 344. The lowest BCUT2D eigenvalue weighted by Gasteiger charge is -2.22. The molecule has 0 heterocycles. The van der Waals surface area contributed by atoms with E-state index in [1.165, 1.54) is 0 Å². The van der Waals surface area contributed by atoms with Crippen LogP contribution in [0.5, 0.6) is 5.75 Å². The summed E-state index contributed by atoms with van der Waals surface area (Å²) < 4.78 is 6.12. The molecule has 1 aromatic rings. The van der Waals surface area contributed by atoms with Gasteiger partial charge in [-0.25, -0.2) is 10.4 Å². The third-order valence-electron chi connectivity index (χ3n) is 2.23. The van der Waals surface area contributed by atoms with E-state index in [-0.39, 0.29) is 6.04 Å². The van der Waals surface area contributed by atoms with Crippen molar-refractivity contribution in [3.63, 3.8) is 0 Å². The van der Waals surface area contributed by atoms with E-state index in [1.807, 2.05) is 37.3 Å². The van der Waals surface area contributed by atoms with Crippen molar-refractivity contribution < 1.29 is 4.74 Å². The van der Waals surface area contributed by atoms with E-state index in [4.69, 9.17) is 10.5 Å². The number of benzene rings is 1. The number of halogens is 1. The van der Waals surface area contributed by atoms with Crippen LogP contribution in [0.15, 0.2) is 22.7 Å². The third-order valence-corrected chi connectivity index (χ3v) is 2.85. The molecule has 0 aliphatic carbocycles. The smallest absolute Gasteiger partial charge is 0.133 e. The fraction of sp³-hybridized carbons (Fsp3) is 0.455. The molecule has 1 aromatic carbocycles. The van der Waals surface area contributed by atoms with Crippen LogP contribution in [-0.4, -0.2) is 32.8 Å². The van der Waals surface area contributed by atoms with E-state index in [2.05, 4.69) is 21.4 Å². The minimum Gasteiger partial charge on any atom is -0.496 e. The molecule has 0 aromatic heterocycles. The summed E-state index contributed by atoms with van der Waals surface area (Å²) in [5.41, 5.74) is 10.1. The molecule has 0 saturated carbocycles. The largest absolute Gasteiger partial charge is 0.496 e. The highest BCUT2D eigenvalue weighted by Crippen LogP contribution is 2.27. The molecule has 5 heteroatoms. The summed E-state index contributed by atoms with van der Waals surface area (Å²) in [7, 11) is 5.54. The van der Waals surface area contributed by atoms with Gasteiger partial charge in [0.2, 0.25) is 0 Å². The van der Waals surface area contributed by atoms with E-state index < -0.39 is 0 Å². The van der Waals surface area contributed by atoms with Gasteiger partial charge in [0, 0.05) is 20.6 Å². The van der Waals surface area contributed by atoms with Crippen molar-refractivity contribution in [2.75, 3.05) is 27.7 Å². The molecule has 0 radical (unpaired) electrons. The van der Waals surface area contributed by atoms with Gasteiger partial charge in [0.1, 0.15) is 5.75 Å². The number of hydrogen-bond acceptors (Lipinski definition) is 4. The number of methoxy groups -OCH3 is 1. The lowest BCUT2D eigenvalue weighted by molar-refractivity contribution is 0.245.